The average molecular weight is 157 g/mol. The molecule has 0 unspecified atom stereocenters. The summed E-state index contributed by atoms with van der Waals surface area (Å²) in [5, 5.41) is 10.7. The largest absolute Gasteiger partial charge is 0.338 e. The molecule has 0 atom stereocenters. The highest BCUT2D eigenvalue weighted by Crippen LogP contribution is 2.06. The van der Waals surface area contributed by atoms with E-state index in [4.69, 9.17) is 11.1 Å². The fourth-order valence-corrected chi connectivity index (χ4v) is 1.55. The van der Waals surface area contributed by atoms with Gasteiger partial charge in [0.1, 0.15) is 0 Å². The van der Waals surface area contributed by atoms with Crippen LogP contribution in [0.15, 0.2) is 0 Å². The zero-order valence-corrected chi connectivity index (χ0v) is 7.06. The summed E-state index contributed by atoms with van der Waals surface area (Å²) >= 11 is 0. The van der Waals surface area contributed by atoms with E-state index in [0.717, 1.165) is 32.7 Å². The molecule has 0 bridgehead atoms. The molecule has 1 fully saturated rings. The lowest BCUT2D eigenvalue weighted by atomic mass is 10.3. The number of piperazine rings is 1. The van der Waals surface area contributed by atoms with Crippen LogP contribution in [0.25, 0.3) is 0 Å². The molecule has 11 heavy (non-hydrogen) atoms. The van der Waals surface area contributed by atoms with Gasteiger partial charge >= 0.3 is 0 Å². The second-order valence-corrected chi connectivity index (χ2v) is 3.04. The Morgan fingerprint density at radius 2 is 2.09 bits per heavy atom. The van der Waals surface area contributed by atoms with E-state index in [9.17, 15) is 0 Å². The minimum atomic E-state index is 0.314. The van der Waals surface area contributed by atoms with Crippen LogP contribution < -0.4 is 11.1 Å². The van der Waals surface area contributed by atoms with Gasteiger partial charge in [-0.25, -0.2) is 5.41 Å². The zero-order chi connectivity index (χ0) is 8.32. The number of guanidine groups is 1. The molecule has 0 aromatic heterocycles. The number of hydrogen-bond acceptors (Lipinski definition) is 2. The molecule has 4 nitrogen and oxygen atoms in total. The molecule has 0 spiro atoms. The number of hydrogen-bond donors (Lipinski definition) is 3. The zero-order valence-electron chi connectivity index (χ0n) is 7.06. The van der Waals surface area contributed by atoms with Crippen LogP contribution in [0.2, 0.25) is 0 Å². The van der Waals surface area contributed by atoms with Crippen molar-refractivity contribution in [3.05, 3.63) is 0 Å². The Labute approximate surface area is 67.5 Å². The van der Waals surface area contributed by atoms with Crippen molar-refractivity contribution in [2.45, 2.75) is 6.92 Å². The Kier molecular flexibility index (Phi) is 2.46. The summed E-state index contributed by atoms with van der Waals surface area (Å²) in [6.07, 6.45) is 0. The van der Waals surface area contributed by atoms with Gasteiger partial charge in [0.25, 0.3) is 5.96 Å². The molecular formula is C7H17N4+. The summed E-state index contributed by atoms with van der Waals surface area (Å²) in [6.45, 7) is 6.92. The summed E-state index contributed by atoms with van der Waals surface area (Å²) in [6, 6.07) is 0. The van der Waals surface area contributed by atoms with E-state index in [1.807, 2.05) is 0 Å². The maximum atomic E-state index is 7.46. The SMILES string of the molecule is CC[N+]1(C(=N)N)CCNCC1. The lowest BCUT2D eigenvalue weighted by Gasteiger charge is -2.38. The number of nitrogens with two attached hydrogens (primary N) is 1. The topological polar surface area (TPSA) is 61.9 Å². The first kappa shape index (κ1) is 8.49. The minimum absolute atomic E-state index is 0.314. The number of nitrogens with zero attached hydrogens (tertiary/aromatic N) is 1. The van der Waals surface area contributed by atoms with Gasteiger partial charge in [-0.3, -0.25) is 4.48 Å². The van der Waals surface area contributed by atoms with Gasteiger partial charge in [-0.2, -0.15) is 0 Å². The van der Waals surface area contributed by atoms with Crippen molar-refractivity contribution >= 4 is 5.96 Å². The molecule has 4 N–H and O–H groups in total. The van der Waals surface area contributed by atoms with Crippen LogP contribution in [0, 0.1) is 5.41 Å². The Morgan fingerprint density at radius 1 is 1.55 bits per heavy atom. The number of nitrogens with one attached hydrogen (secondary N) is 2. The second kappa shape index (κ2) is 3.19. The van der Waals surface area contributed by atoms with Crippen LogP contribution in [0.4, 0.5) is 0 Å². The van der Waals surface area contributed by atoms with Crippen molar-refractivity contribution in [2.24, 2.45) is 5.73 Å². The lowest BCUT2D eigenvalue weighted by Crippen LogP contribution is -2.63. The van der Waals surface area contributed by atoms with Crippen LogP contribution >= 0.6 is 0 Å². The second-order valence-electron chi connectivity index (χ2n) is 3.04. The summed E-state index contributed by atoms with van der Waals surface area (Å²) in [5.41, 5.74) is 5.54. The number of quaternary nitrogens is 1. The summed E-state index contributed by atoms with van der Waals surface area (Å²) in [7, 11) is 0. The van der Waals surface area contributed by atoms with Gasteiger partial charge in [-0.05, 0) is 6.92 Å². The van der Waals surface area contributed by atoms with E-state index in [1.54, 1.807) is 0 Å². The third kappa shape index (κ3) is 1.52. The highest BCUT2D eigenvalue weighted by atomic mass is 15.4. The molecule has 64 valence electrons. The molecule has 1 heterocycles. The van der Waals surface area contributed by atoms with Gasteiger partial charge in [-0.15, -0.1) is 0 Å². The summed E-state index contributed by atoms with van der Waals surface area (Å²) in [4.78, 5) is 0. The molecule has 1 aliphatic rings. The van der Waals surface area contributed by atoms with Gasteiger partial charge in [0.2, 0.25) is 0 Å². The van der Waals surface area contributed by atoms with Crippen molar-refractivity contribution in [1.29, 1.82) is 5.41 Å². The molecule has 1 saturated heterocycles. The third-order valence-electron chi connectivity index (χ3n) is 2.55. The van der Waals surface area contributed by atoms with E-state index >= 15 is 0 Å². The predicted octanol–water partition coefficient (Wildman–Crippen LogP) is -0.680. The van der Waals surface area contributed by atoms with Gasteiger partial charge in [0.15, 0.2) is 0 Å². The molecule has 0 radical (unpaired) electrons. The molecule has 0 aromatic carbocycles. The highest BCUT2D eigenvalue weighted by Gasteiger charge is 2.31. The first-order valence-electron chi connectivity index (χ1n) is 4.13. The molecule has 0 amide bonds. The normalized spacial score (nSPS) is 23.0. The van der Waals surface area contributed by atoms with Crippen molar-refractivity contribution in [3.63, 3.8) is 0 Å². The fourth-order valence-electron chi connectivity index (χ4n) is 1.55. The maximum absolute atomic E-state index is 7.46. The number of likely N-dealkylation sites (N-methyl/N-ethyl adjacent to an activating group) is 1. The quantitative estimate of drug-likeness (QED) is 0.268. The van der Waals surface area contributed by atoms with Gasteiger partial charge in [0, 0.05) is 13.1 Å². The average Bonchev–Trinajstić information content (AvgIpc) is 2.05. The monoisotopic (exact) mass is 157 g/mol. The van der Waals surface area contributed by atoms with E-state index in [-0.39, 0.29) is 0 Å². The first-order valence-corrected chi connectivity index (χ1v) is 4.13. The summed E-state index contributed by atoms with van der Waals surface area (Å²) in [5.74, 6) is 0.314. The molecule has 1 rings (SSSR count). The van der Waals surface area contributed by atoms with Crippen molar-refractivity contribution in [3.8, 4) is 0 Å². The maximum Gasteiger partial charge on any atom is 0.292 e. The molecule has 0 saturated carbocycles. The van der Waals surface area contributed by atoms with E-state index in [2.05, 4.69) is 12.2 Å². The van der Waals surface area contributed by atoms with Crippen molar-refractivity contribution < 1.29 is 4.48 Å². The standard InChI is InChI=1S/C7H17N4/c1-2-11(7(8)9)5-3-10-4-6-11/h10H,2-6H2,1H3,(H3,8,9)/q+1. The van der Waals surface area contributed by atoms with E-state index in [1.165, 1.54) is 0 Å². The molecule has 0 aromatic rings. The van der Waals surface area contributed by atoms with Crippen LogP contribution in [0.3, 0.4) is 0 Å². The van der Waals surface area contributed by atoms with Gasteiger partial charge in [0.05, 0.1) is 19.6 Å². The van der Waals surface area contributed by atoms with Crippen LogP contribution in [0.1, 0.15) is 6.92 Å². The molecule has 0 aliphatic carbocycles. The predicted molar refractivity (Wildman–Crippen MR) is 45.3 cm³/mol. The highest BCUT2D eigenvalue weighted by molar-refractivity contribution is 5.67. The van der Waals surface area contributed by atoms with E-state index in [0.29, 0.717) is 10.4 Å². The Hall–Kier alpha value is -0.610. The van der Waals surface area contributed by atoms with Crippen molar-refractivity contribution in [2.75, 3.05) is 32.7 Å². The first-order chi connectivity index (χ1) is 5.21. The number of rotatable bonds is 1. The van der Waals surface area contributed by atoms with Gasteiger partial charge in [-0.1, -0.05) is 0 Å². The smallest absolute Gasteiger partial charge is 0.292 e. The molecule has 1 aliphatic heterocycles. The molecular weight excluding hydrogens is 140 g/mol. The Balaban J connectivity index is 2.64. The summed E-state index contributed by atoms with van der Waals surface area (Å²) < 4.78 is 0.674. The third-order valence-corrected chi connectivity index (χ3v) is 2.55. The Bertz CT molecular complexity index is 149. The van der Waals surface area contributed by atoms with Crippen LogP contribution in [0.5, 0.6) is 0 Å². The fraction of sp³-hybridized carbons (Fsp3) is 0.857. The Morgan fingerprint density at radius 3 is 2.36 bits per heavy atom. The molecule has 4 heteroatoms. The van der Waals surface area contributed by atoms with Gasteiger partial charge < -0.3 is 11.1 Å². The minimum Gasteiger partial charge on any atom is -0.338 e. The van der Waals surface area contributed by atoms with Crippen LogP contribution in [-0.4, -0.2) is 43.2 Å². The lowest BCUT2D eigenvalue weighted by molar-refractivity contribution is -0.843. The van der Waals surface area contributed by atoms with Crippen LogP contribution in [-0.2, 0) is 0 Å². The van der Waals surface area contributed by atoms with E-state index < -0.39 is 0 Å². The van der Waals surface area contributed by atoms with Crippen molar-refractivity contribution in [1.82, 2.24) is 5.32 Å².